The first kappa shape index (κ1) is 11.4. The number of nitrogens with two attached hydrogens (primary N) is 1. The molecular weight excluding hydrogens is 150 g/mol. The van der Waals surface area contributed by atoms with Crippen LogP contribution in [0.25, 0.3) is 0 Å². The second-order valence-corrected chi connectivity index (χ2v) is 3.01. The first-order valence-corrected chi connectivity index (χ1v) is 4.59. The monoisotopic (exact) mass is 169 g/mol. The Morgan fingerprint density at radius 1 is 1.67 bits per heavy atom. The minimum absolute atomic E-state index is 0.0787. The van der Waals surface area contributed by atoms with Crippen molar-refractivity contribution in [3.63, 3.8) is 0 Å². The van der Waals surface area contributed by atoms with Crippen LogP contribution >= 0.6 is 0 Å². The van der Waals surface area contributed by atoms with E-state index in [1.54, 1.807) is 6.08 Å². The van der Waals surface area contributed by atoms with Gasteiger partial charge in [0.05, 0.1) is 0 Å². The lowest BCUT2D eigenvalue weighted by atomic mass is 9.96. The zero-order valence-corrected chi connectivity index (χ0v) is 7.88. The van der Waals surface area contributed by atoms with Gasteiger partial charge in [0.25, 0.3) is 0 Å². The highest BCUT2D eigenvalue weighted by molar-refractivity contribution is 5.81. The second-order valence-electron chi connectivity index (χ2n) is 3.01. The maximum Gasteiger partial charge on any atom is 0.137 e. The molecule has 0 saturated heterocycles. The number of hydrogen-bond donors (Lipinski definition) is 1. The molecule has 1 atom stereocenters. The number of rotatable bonds is 7. The van der Waals surface area contributed by atoms with Crippen molar-refractivity contribution in [2.75, 3.05) is 6.54 Å². The van der Waals surface area contributed by atoms with Crippen LogP contribution in [0.3, 0.4) is 0 Å². The molecular formula is C10H19NO. The molecule has 2 N–H and O–H groups in total. The van der Waals surface area contributed by atoms with Gasteiger partial charge in [0, 0.05) is 18.9 Å². The van der Waals surface area contributed by atoms with Crippen LogP contribution in [0.15, 0.2) is 12.7 Å². The third-order valence-electron chi connectivity index (χ3n) is 1.97. The van der Waals surface area contributed by atoms with Crippen molar-refractivity contribution in [2.45, 2.75) is 32.6 Å². The van der Waals surface area contributed by atoms with Gasteiger partial charge in [0.2, 0.25) is 0 Å². The number of carbonyl (C=O) groups excluding carboxylic acids is 1. The van der Waals surface area contributed by atoms with Crippen molar-refractivity contribution < 1.29 is 4.79 Å². The lowest BCUT2D eigenvalue weighted by Crippen LogP contribution is -2.23. The molecule has 0 aromatic heterocycles. The van der Waals surface area contributed by atoms with E-state index in [2.05, 4.69) is 13.5 Å². The quantitative estimate of drug-likeness (QED) is 0.591. The summed E-state index contributed by atoms with van der Waals surface area (Å²) in [4.78, 5) is 11.4. The van der Waals surface area contributed by atoms with Crippen LogP contribution in [0.5, 0.6) is 0 Å². The average molecular weight is 169 g/mol. The van der Waals surface area contributed by atoms with Gasteiger partial charge < -0.3 is 5.73 Å². The molecule has 0 bridgehead atoms. The minimum Gasteiger partial charge on any atom is -0.330 e. The third kappa shape index (κ3) is 4.29. The fourth-order valence-electron chi connectivity index (χ4n) is 1.21. The Kier molecular flexibility index (Phi) is 6.67. The van der Waals surface area contributed by atoms with Gasteiger partial charge in [0.15, 0.2) is 0 Å². The Morgan fingerprint density at radius 2 is 2.33 bits per heavy atom. The van der Waals surface area contributed by atoms with Gasteiger partial charge in [-0.3, -0.25) is 4.79 Å². The predicted molar refractivity (Wildman–Crippen MR) is 51.9 cm³/mol. The van der Waals surface area contributed by atoms with Crippen LogP contribution in [0.4, 0.5) is 0 Å². The second kappa shape index (κ2) is 7.04. The van der Waals surface area contributed by atoms with E-state index in [9.17, 15) is 4.79 Å². The highest BCUT2D eigenvalue weighted by Gasteiger charge is 2.13. The maximum absolute atomic E-state index is 11.4. The number of ketones is 1. The third-order valence-corrected chi connectivity index (χ3v) is 1.97. The Morgan fingerprint density at radius 3 is 2.75 bits per heavy atom. The summed E-state index contributed by atoms with van der Waals surface area (Å²) in [5, 5.41) is 0. The Bertz CT molecular complexity index is 143. The standard InChI is InChI=1S/C10H19NO/c1-3-5-7-10(12)9(8-11)6-4-2/h3,9H,1,4-8,11H2,2H3. The van der Waals surface area contributed by atoms with Crippen LogP contribution in [0.1, 0.15) is 32.6 Å². The molecule has 0 fully saturated rings. The summed E-state index contributed by atoms with van der Waals surface area (Å²) in [7, 11) is 0. The molecule has 0 rings (SSSR count). The SMILES string of the molecule is C=CCCC(=O)C(CN)CCC. The summed E-state index contributed by atoms with van der Waals surface area (Å²) in [6, 6.07) is 0. The molecule has 12 heavy (non-hydrogen) atoms. The summed E-state index contributed by atoms with van der Waals surface area (Å²) < 4.78 is 0. The van der Waals surface area contributed by atoms with Crippen LogP contribution in [-0.2, 0) is 4.79 Å². The maximum atomic E-state index is 11.4. The summed E-state index contributed by atoms with van der Waals surface area (Å²) >= 11 is 0. The van der Waals surface area contributed by atoms with Gasteiger partial charge in [0.1, 0.15) is 5.78 Å². The molecule has 0 amide bonds. The molecule has 0 aliphatic rings. The molecule has 0 aliphatic carbocycles. The smallest absolute Gasteiger partial charge is 0.137 e. The van der Waals surface area contributed by atoms with Gasteiger partial charge >= 0.3 is 0 Å². The number of Topliss-reactive ketones (excluding diaryl/α,β-unsaturated/α-hetero) is 1. The Balaban J connectivity index is 3.76. The lowest BCUT2D eigenvalue weighted by Gasteiger charge is -2.10. The first-order chi connectivity index (χ1) is 5.76. The first-order valence-electron chi connectivity index (χ1n) is 4.59. The fraction of sp³-hybridized carbons (Fsp3) is 0.700. The molecule has 2 nitrogen and oxygen atoms in total. The fourth-order valence-corrected chi connectivity index (χ4v) is 1.21. The molecule has 0 saturated carbocycles. The topological polar surface area (TPSA) is 43.1 Å². The number of hydrogen-bond acceptors (Lipinski definition) is 2. The van der Waals surface area contributed by atoms with E-state index < -0.39 is 0 Å². The van der Waals surface area contributed by atoms with Crippen LogP contribution in [0, 0.1) is 5.92 Å². The summed E-state index contributed by atoms with van der Waals surface area (Å²) in [6.45, 7) is 6.14. The number of allylic oxidation sites excluding steroid dienone is 1. The molecule has 2 heteroatoms. The van der Waals surface area contributed by atoms with E-state index >= 15 is 0 Å². The molecule has 0 radical (unpaired) electrons. The van der Waals surface area contributed by atoms with E-state index in [-0.39, 0.29) is 5.92 Å². The predicted octanol–water partition coefficient (Wildman–Crippen LogP) is 1.90. The van der Waals surface area contributed by atoms with Gasteiger partial charge in [-0.1, -0.05) is 19.4 Å². The zero-order valence-electron chi connectivity index (χ0n) is 7.88. The number of carbonyl (C=O) groups is 1. The summed E-state index contributed by atoms with van der Waals surface area (Å²) in [5.74, 6) is 0.370. The average Bonchev–Trinajstić information content (AvgIpc) is 2.10. The van der Waals surface area contributed by atoms with Gasteiger partial charge in [-0.05, 0) is 12.8 Å². The summed E-state index contributed by atoms with van der Waals surface area (Å²) in [5.41, 5.74) is 5.48. The van der Waals surface area contributed by atoms with E-state index in [4.69, 9.17) is 5.73 Å². The highest BCUT2D eigenvalue weighted by Crippen LogP contribution is 2.09. The van der Waals surface area contributed by atoms with E-state index in [1.807, 2.05) is 0 Å². The Hall–Kier alpha value is -0.630. The Labute approximate surface area is 74.8 Å². The minimum atomic E-state index is 0.0787. The van der Waals surface area contributed by atoms with Crippen molar-refractivity contribution in [1.29, 1.82) is 0 Å². The largest absolute Gasteiger partial charge is 0.330 e. The van der Waals surface area contributed by atoms with Crippen LogP contribution < -0.4 is 5.73 Å². The molecule has 0 aromatic rings. The molecule has 0 spiro atoms. The normalized spacial score (nSPS) is 12.5. The van der Waals surface area contributed by atoms with Crippen molar-refractivity contribution in [3.05, 3.63) is 12.7 Å². The van der Waals surface area contributed by atoms with E-state index in [1.165, 1.54) is 0 Å². The van der Waals surface area contributed by atoms with Gasteiger partial charge in [-0.2, -0.15) is 0 Å². The van der Waals surface area contributed by atoms with Gasteiger partial charge in [-0.25, -0.2) is 0 Å². The van der Waals surface area contributed by atoms with Crippen LogP contribution in [0.2, 0.25) is 0 Å². The lowest BCUT2D eigenvalue weighted by molar-refractivity contribution is -0.122. The van der Waals surface area contributed by atoms with E-state index in [0.29, 0.717) is 18.7 Å². The van der Waals surface area contributed by atoms with Crippen molar-refractivity contribution in [3.8, 4) is 0 Å². The molecule has 0 aliphatic heterocycles. The summed E-state index contributed by atoms with van der Waals surface area (Å²) in [6.07, 6.45) is 5.11. The molecule has 70 valence electrons. The van der Waals surface area contributed by atoms with Gasteiger partial charge in [-0.15, -0.1) is 6.58 Å². The van der Waals surface area contributed by atoms with Crippen molar-refractivity contribution in [2.24, 2.45) is 11.7 Å². The van der Waals surface area contributed by atoms with Crippen molar-refractivity contribution >= 4 is 5.78 Å². The highest BCUT2D eigenvalue weighted by atomic mass is 16.1. The van der Waals surface area contributed by atoms with Crippen molar-refractivity contribution in [1.82, 2.24) is 0 Å². The molecule has 1 unspecified atom stereocenters. The van der Waals surface area contributed by atoms with E-state index in [0.717, 1.165) is 19.3 Å². The molecule has 0 aromatic carbocycles. The molecule has 0 heterocycles. The van der Waals surface area contributed by atoms with Crippen LogP contribution in [-0.4, -0.2) is 12.3 Å². The zero-order chi connectivity index (χ0) is 9.40.